The third kappa shape index (κ3) is 18.1. The lowest BCUT2D eigenvalue weighted by Gasteiger charge is -2.25. The van der Waals surface area contributed by atoms with Crippen LogP contribution in [0.25, 0.3) is 17.3 Å². The van der Waals surface area contributed by atoms with Crippen molar-refractivity contribution in [2.45, 2.75) is 58.2 Å². The van der Waals surface area contributed by atoms with Crippen molar-refractivity contribution in [3.63, 3.8) is 0 Å². The number of ketones is 3. The second-order valence-corrected chi connectivity index (χ2v) is 22.2. The number of benzene rings is 3. The number of aliphatic hydroxyl groups excluding tert-OH is 4. The van der Waals surface area contributed by atoms with Crippen LogP contribution in [-0.4, -0.2) is 208 Å². The molecule has 3 aliphatic rings. The van der Waals surface area contributed by atoms with Gasteiger partial charge < -0.3 is 64.0 Å². The van der Waals surface area contributed by atoms with E-state index in [-0.39, 0.29) is 34.0 Å². The van der Waals surface area contributed by atoms with Crippen LogP contribution in [-0.2, 0) is 28.8 Å². The van der Waals surface area contributed by atoms with Gasteiger partial charge in [0.2, 0.25) is 0 Å². The van der Waals surface area contributed by atoms with Crippen molar-refractivity contribution >= 4 is 52.3 Å². The van der Waals surface area contributed by atoms with Crippen LogP contribution >= 0.6 is 0 Å². The number of amides is 3. The van der Waals surface area contributed by atoms with E-state index in [1.165, 1.54) is 0 Å². The normalized spacial score (nSPS) is 17.9. The Morgan fingerprint density at radius 2 is 0.641 bits per heavy atom. The minimum atomic E-state index is -0.680. The van der Waals surface area contributed by atoms with E-state index in [9.17, 15) is 44.1 Å². The molecule has 0 radical (unpaired) electrons. The molecule has 22 heteroatoms. The second kappa shape index (κ2) is 35.1. The highest BCUT2D eigenvalue weighted by molar-refractivity contribution is 6.48. The van der Waals surface area contributed by atoms with Gasteiger partial charge in [-0.1, -0.05) is 36.4 Å². The molecule has 3 aromatic carbocycles. The van der Waals surface area contributed by atoms with Crippen molar-refractivity contribution in [1.29, 1.82) is 0 Å². The number of pyridine rings is 3. The zero-order chi connectivity index (χ0) is 67.0. The molecular weight excluding hydrogens is 1170 g/mol. The van der Waals surface area contributed by atoms with Gasteiger partial charge in [0.05, 0.1) is 54.7 Å². The van der Waals surface area contributed by atoms with E-state index in [1.807, 2.05) is 77.8 Å². The highest BCUT2D eigenvalue weighted by Crippen LogP contribution is 2.43. The van der Waals surface area contributed by atoms with Gasteiger partial charge in [-0.15, -0.1) is 0 Å². The quantitative estimate of drug-likeness (QED) is 0.0253. The molecule has 22 nitrogen and oxygen atoms in total. The van der Waals surface area contributed by atoms with Crippen LogP contribution in [0.2, 0.25) is 0 Å². The van der Waals surface area contributed by atoms with Gasteiger partial charge in [0.15, 0.2) is 0 Å². The van der Waals surface area contributed by atoms with Crippen molar-refractivity contribution < 1.29 is 63.4 Å². The maximum atomic E-state index is 13.0. The average molecular weight is 1260 g/mol. The van der Waals surface area contributed by atoms with Crippen LogP contribution in [0.3, 0.4) is 0 Å². The molecule has 3 amide bonds. The Hall–Kier alpha value is -9.61. The molecule has 0 spiro atoms. The Labute approximate surface area is 538 Å². The Kier molecular flexibility index (Phi) is 27.3. The first-order valence-corrected chi connectivity index (χ1v) is 30.4. The third-order valence-corrected chi connectivity index (χ3v) is 15.0. The van der Waals surface area contributed by atoms with Gasteiger partial charge in [0.25, 0.3) is 35.1 Å². The highest BCUT2D eigenvalue weighted by atomic mass is 16.5. The highest BCUT2D eigenvalue weighted by Gasteiger charge is 2.48. The minimum absolute atomic E-state index is 0.0877. The number of nitrogens with zero attached hydrogens (tertiary/aromatic N) is 9. The predicted octanol–water partition coefficient (Wildman–Crippen LogP) is 8.17. The first-order valence-electron chi connectivity index (χ1n) is 30.4. The summed E-state index contributed by atoms with van der Waals surface area (Å²) in [4.78, 5) is 100. The summed E-state index contributed by atoms with van der Waals surface area (Å²) < 4.78 is 16.5. The fourth-order valence-electron chi connectivity index (χ4n) is 10.8. The van der Waals surface area contributed by atoms with Gasteiger partial charge >= 0.3 is 0 Å². The van der Waals surface area contributed by atoms with Crippen molar-refractivity contribution in [2.24, 2.45) is 0 Å². The van der Waals surface area contributed by atoms with E-state index in [2.05, 4.69) is 15.0 Å². The molecule has 0 aliphatic carbocycles. The molecule has 3 aromatic heterocycles. The van der Waals surface area contributed by atoms with E-state index < -0.39 is 53.2 Å². The molecule has 3 fully saturated rings. The van der Waals surface area contributed by atoms with Crippen LogP contribution in [0.15, 0.2) is 163 Å². The van der Waals surface area contributed by atoms with Crippen molar-refractivity contribution in [3.05, 3.63) is 196 Å². The molecule has 3 saturated heterocycles. The number of aromatic nitrogens is 3. The largest absolute Gasteiger partial charge is 0.507 e. The molecule has 6 aromatic rings. The first kappa shape index (κ1) is 71.5. The van der Waals surface area contributed by atoms with Crippen molar-refractivity contribution in [1.82, 2.24) is 44.4 Å². The fraction of sp³-hybridized carbons (Fsp3) is 0.357. The fourth-order valence-corrected chi connectivity index (χ4v) is 10.8. The van der Waals surface area contributed by atoms with E-state index in [4.69, 9.17) is 19.3 Å². The zero-order valence-corrected chi connectivity index (χ0v) is 54.1. The predicted molar refractivity (Wildman–Crippen MR) is 350 cm³/mol. The Morgan fingerprint density at radius 1 is 0.402 bits per heavy atom. The topological polar surface area (TPSA) is 269 Å². The number of aliphatic hydroxyl groups is 4. The summed E-state index contributed by atoms with van der Waals surface area (Å²) in [5.74, 6) is -2.69. The van der Waals surface area contributed by atoms with Crippen LogP contribution in [0.1, 0.15) is 91.5 Å². The van der Waals surface area contributed by atoms with Crippen molar-refractivity contribution in [2.75, 3.05) is 108 Å². The molecule has 3 unspecified atom stereocenters. The summed E-state index contributed by atoms with van der Waals surface area (Å²) in [5, 5.41) is 40.2. The molecule has 488 valence electrons. The van der Waals surface area contributed by atoms with Crippen LogP contribution in [0, 0.1) is 0 Å². The van der Waals surface area contributed by atoms with Crippen LogP contribution in [0.4, 0.5) is 0 Å². The monoisotopic (exact) mass is 1260 g/mol. The number of Topliss-reactive ketones (excluding diaryl/α,β-unsaturated/α-hetero) is 3. The lowest BCUT2D eigenvalue weighted by Crippen LogP contribution is -2.32. The summed E-state index contributed by atoms with van der Waals surface area (Å²) in [5.41, 5.74) is 3.77. The molecule has 3 atom stereocenters. The van der Waals surface area contributed by atoms with E-state index in [0.717, 1.165) is 43.4 Å². The minimum Gasteiger partial charge on any atom is -0.507 e. The Balaban J connectivity index is 0.000000216. The third-order valence-electron chi connectivity index (χ3n) is 15.0. The number of carbonyl (C=O) groups excluding carboxylic acids is 6. The Morgan fingerprint density at radius 3 is 0.859 bits per heavy atom. The van der Waals surface area contributed by atoms with Gasteiger partial charge in [-0.3, -0.25) is 43.7 Å². The lowest BCUT2D eigenvalue weighted by atomic mass is 9.96. The second-order valence-electron chi connectivity index (χ2n) is 22.2. The molecule has 6 heterocycles. The molecule has 9 rings (SSSR count). The number of carbonyl (C=O) groups is 6. The van der Waals surface area contributed by atoms with E-state index >= 15 is 0 Å². The summed E-state index contributed by atoms with van der Waals surface area (Å²) in [6.07, 6.45) is 11.8. The number of likely N-dealkylation sites (tertiary alicyclic amines) is 3. The number of ether oxygens (including phenoxy) is 3. The summed E-state index contributed by atoms with van der Waals surface area (Å²) in [6, 6.07) is 29.3. The summed E-state index contributed by atoms with van der Waals surface area (Å²) in [6.45, 7) is 10.6. The molecular formula is C70H85N9O13. The van der Waals surface area contributed by atoms with Gasteiger partial charge in [-0.25, -0.2) is 0 Å². The smallest absolute Gasteiger partial charge is 0.295 e. The molecule has 92 heavy (non-hydrogen) atoms. The number of hydrogen-bond donors (Lipinski definition) is 4. The van der Waals surface area contributed by atoms with Gasteiger partial charge in [-0.05, 0) is 191 Å². The molecule has 4 N–H and O–H groups in total. The first-order chi connectivity index (χ1) is 44.3. The van der Waals surface area contributed by atoms with Gasteiger partial charge in [0, 0.05) is 80.6 Å². The molecule has 3 aliphatic heterocycles. The van der Waals surface area contributed by atoms with E-state index in [0.29, 0.717) is 92.7 Å². The zero-order valence-electron chi connectivity index (χ0n) is 54.1. The van der Waals surface area contributed by atoms with Crippen molar-refractivity contribution in [3.8, 4) is 17.2 Å². The lowest BCUT2D eigenvalue weighted by molar-refractivity contribution is -0.140. The standard InChI is InChI=1S/3C23H27N3O4.CH4O/c3*1-4-30-18-8-5-7-17(15-18)21(27)19-20(16-9-11-24-12-10-16)26(23(29)22(19)28)14-6-13-25(2)3;1-2/h3*5,7-12,15,20,27H,4,6,13-14H2,1-3H3;2H,1H3/b3*21-19+;. The number of hydrogen-bond acceptors (Lipinski definition) is 19. The molecule has 0 saturated carbocycles. The summed E-state index contributed by atoms with van der Waals surface area (Å²) in [7, 11) is 12.7. The maximum absolute atomic E-state index is 13.0. The van der Waals surface area contributed by atoms with Gasteiger partial charge in [-0.2, -0.15) is 0 Å². The van der Waals surface area contributed by atoms with Gasteiger partial charge in [0.1, 0.15) is 34.5 Å². The summed E-state index contributed by atoms with van der Waals surface area (Å²) >= 11 is 0. The maximum Gasteiger partial charge on any atom is 0.295 e. The van der Waals surface area contributed by atoms with E-state index in [1.54, 1.807) is 161 Å². The van der Waals surface area contributed by atoms with Crippen LogP contribution < -0.4 is 14.2 Å². The van der Waals surface area contributed by atoms with Crippen LogP contribution in [0.5, 0.6) is 17.2 Å². The molecule has 0 bridgehead atoms. The number of rotatable bonds is 24. The average Bonchev–Trinajstić information content (AvgIpc) is 1.63. The SMILES string of the molecule is CCOc1cccc(/C(O)=C2\C(=O)C(=O)N(CCCN(C)C)C2c2ccncc2)c1.CCOc1cccc(/C(O)=C2\C(=O)C(=O)N(CCCN(C)C)C2c2ccncc2)c1.CCOc1cccc(/C(O)=C2\C(=O)C(=O)N(CCCN(C)C)C2c2ccncc2)c1.CO. The Bertz CT molecular complexity index is 3190.